The second kappa shape index (κ2) is 10.7. The van der Waals surface area contributed by atoms with Crippen LogP contribution < -0.4 is 10.1 Å². The molecule has 0 radical (unpaired) electrons. The third-order valence-electron chi connectivity index (χ3n) is 5.37. The highest BCUT2D eigenvalue weighted by atomic mass is 32.1. The first-order valence-electron chi connectivity index (χ1n) is 11.5. The Morgan fingerprint density at radius 3 is 2.57 bits per heavy atom. The van der Waals surface area contributed by atoms with E-state index in [2.05, 4.69) is 15.3 Å². The van der Waals surface area contributed by atoms with E-state index in [4.69, 9.17) is 4.74 Å². The van der Waals surface area contributed by atoms with E-state index in [-0.39, 0.29) is 18.2 Å². The van der Waals surface area contributed by atoms with Gasteiger partial charge < -0.3 is 15.0 Å². The van der Waals surface area contributed by atoms with Gasteiger partial charge in [-0.05, 0) is 61.7 Å². The van der Waals surface area contributed by atoms with Crippen LogP contribution in [0.15, 0.2) is 54.7 Å². The minimum atomic E-state index is -0.129. The fourth-order valence-electron chi connectivity index (χ4n) is 3.81. The van der Waals surface area contributed by atoms with Crippen LogP contribution in [0.3, 0.4) is 0 Å². The number of aryl methyl sites for hydroxylation is 2. The highest BCUT2D eigenvalue weighted by Gasteiger charge is 2.17. The van der Waals surface area contributed by atoms with Crippen molar-refractivity contribution >= 4 is 39.2 Å². The SMILES string of the molecule is CCCN(C)C(=O)c1cc2nccc(Oc3ccc(CC(=O)Nc4cc(C)cc(C)n4)cc3)c2s1. The summed E-state index contributed by atoms with van der Waals surface area (Å²) in [6.45, 7) is 6.62. The summed E-state index contributed by atoms with van der Waals surface area (Å²) in [6.07, 6.45) is 2.81. The summed E-state index contributed by atoms with van der Waals surface area (Å²) in [5.74, 6) is 1.70. The number of rotatable bonds is 8. The number of nitrogens with one attached hydrogen (secondary N) is 1. The van der Waals surface area contributed by atoms with Gasteiger partial charge in [-0.25, -0.2) is 4.98 Å². The number of ether oxygens (including phenoxy) is 1. The van der Waals surface area contributed by atoms with E-state index in [0.29, 0.717) is 28.7 Å². The summed E-state index contributed by atoms with van der Waals surface area (Å²) in [7, 11) is 1.81. The molecule has 0 fully saturated rings. The second-order valence-corrected chi connectivity index (χ2v) is 9.56. The third kappa shape index (κ3) is 6.02. The first kappa shape index (κ1) is 24.3. The zero-order valence-electron chi connectivity index (χ0n) is 20.3. The molecule has 0 aliphatic rings. The molecule has 0 spiro atoms. The van der Waals surface area contributed by atoms with Gasteiger partial charge in [-0.1, -0.05) is 19.1 Å². The topological polar surface area (TPSA) is 84.4 Å². The molecule has 3 heterocycles. The highest BCUT2D eigenvalue weighted by molar-refractivity contribution is 7.21. The molecule has 35 heavy (non-hydrogen) atoms. The van der Waals surface area contributed by atoms with E-state index in [0.717, 1.165) is 33.5 Å². The van der Waals surface area contributed by atoms with Gasteiger partial charge in [0.2, 0.25) is 5.91 Å². The van der Waals surface area contributed by atoms with Crippen molar-refractivity contribution in [3.63, 3.8) is 0 Å². The smallest absolute Gasteiger partial charge is 0.263 e. The Labute approximate surface area is 208 Å². The number of pyridine rings is 2. The van der Waals surface area contributed by atoms with Gasteiger partial charge in [0, 0.05) is 31.5 Å². The second-order valence-electron chi connectivity index (χ2n) is 8.50. The number of carbonyl (C=O) groups excluding carboxylic acids is 2. The number of thiophene rings is 1. The first-order valence-corrected chi connectivity index (χ1v) is 12.3. The van der Waals surface area contributed by atoms with E-state index in [9.17, 15) is 9.59 Å². The van der Waals surface area contributed by atoms with Gasteiger partial charge in [-0.15, -0.1) is 11.3 Å². The van der Waals surface area contributed by atoms with Crippen LogP contribution in [0.5, 0.6) is 11.5 Å². The van der Waals surface area contributed by atoms with Gasteiger partial charge in [-0.3, -0.25) is 14.6 Å². The van der Waals surface area contributed by atoms with Crippen LogP contribution in [0.2, 0.25) is 0 Å². The Morgan fingerprint density at radius 2 is 1.86 bits per heavy atom. The van der Waals surface area contributed by atoms with Crippen LogP contribution in [0.1, 0.15) is 39.8 Å². The minimum absolute atomic E-state index is 0.0144. The normalized spacial score (nSPS) is 10.9. The monoisotopic (exact) mass is 488 g/mol. The summed E-state index contributed by atoms with van der Waals surface area (Å²) >= 11 is 1.38. The fourth-order valence-corrected chi connectivity index (χ4v) is 4.87. The Bertz CT molecular complexity index is 1340. The summed E-state index contributed by atoms with van der Waals surface area (Å²) in [6, 6.07) is 14.8. The lowest BCUT2D eigenvalue weighted by Gasteiger charge is -2.14. The number of aromatic nitrogens is 2. The lowest BCUT2D eigenvalue weighted by Crippen LogP contribution is -2.26. The number of benzene rings is 1. The zero-order chi connectivity index (χ0) is 24.9. The molecule has 8 heteroatoms. The third-order valence-corrected chi connectivity index (χ3v) is 6.50. The number of hydrogen-bond acceptors (Lipinski definition) is 6. The molecule has 4 rings (SSSR count). The van der Waals surface area contributed by atoms with E-state index in [1.807, 2.05) is 63.2 Å². The van der Waals surface area contributed by atoms with Crippen LogP contribution in [0.25, 0.3) is 10.2 Å². The molecule has 0 saturated carbocycles. The molecule has 0 bridgehead atoms. The van der Waals surface area contributed by atoms with E-state index in [1.165, 1.54) is 11.3 Å². The summed E-state index contributed by atoms with van der Waals surface area (Å²) < 4.78 is 6.93. The van der Waals surface area contributed by atoms with Gasteiger partial charge in [-0.2, -0.15) is 0 Å². The van der Waals surface area contributed by atoms with Gasteiger partial charge in [0.15, 0.2) is 0 Å². The van der Waals surface area contributed by atoms with Crippen LogP contribution in [-0.4, -0.2) is 40.3 Å². The number of fused-ring (bicyclic) bond motifs is 1. The van der Waals surface area contributed by atoms with Crippen molar-refractivity contribution in [2.75, 3.05) is 18.9 Å². The van der Waals surface area contributed by atoms with Crippen LogP contribution in [-0.2, 0) is 11.2 Å². The molecular formula is C27H28N4O3S. The zero-order valence-corrected chi connectivity index (χ0v) is 21.1. The van der Waals surface area contributed by atoms with Crippen molar-refractivity contribution in [3.8, 4) is 11.5 Å². The molecule has 3 aromatic heterocycles. The summed E-state index contributed by atoms with van der Waals surface area (Å²) in [4.78, 5) is 36.2. The molecule has 0 unspecified atom stereocenters. The molecular weight excluding hydrogens is 460 g/mol. The minimum Gasteiger partial charge on any atom is -0.456 e. The van der Waals surface area contributed by atoms with E-state index in [1.54, 1.807) is 24.2 Å². The van der Waals surface area contributed by atoms with Crippen molar-refractivity contribution in [1.29, 1.82) is 0 Å². The quantitative estimate of drug-likeness (QED) is 0.341. The molecule has 1 aromatic carbocycles. The molecule has 4 aromatic rings. The lowest BCUT2D eigenvalue weighted by molar-refractivity contribution is -0.115. The maximum Gasteiger partial charge on any atom is 0.263 e. The largest absolute Gasteiger partial charge is 0.456 e. The molecule has 180 valence electrons. The number of hydrogen-bond donors (Lipinski definition) is 1. The predicted molar refractivity (Wildman–Crippen MR) is 139 cm³/mol. The maximum atomic E-state index is 12.7. The standard InChI is InChI=1S/C27H28N4O3S/c1-5-12-31(4)27(33)23-16-21-26(35-23)22(10-11-28-21)34-20-8-6-19(7-9-20)15-25(32)30-24-14-17(2)13-18(3)29-24/h6-11,13-14,16H,5,12,15H2,1-4H3,(H,29,30,32). The van der Waals surface area contributed by atoms with Crippen molar-refractivity contribution in [1.82, 2.24) is 14.9 Å². The predicted octanol–water partition coefficient (Wildman–Crippen LogP) is 5.76. The number of amides is 2. The average Bonchev–Trinajstić information content (AvgIpc) is 3.24. The molecule has 0 aliphatic carbocycles. The van der Waals surface area contributed by atoms with Crippen LogP contribution in [0.4, 0.5) is 5.82 Å². The van der Waals surface area contributed by atoms with Crippen molar-refractivity contribution in [2.45, 2.75) is 33.6 Å². The van der Waals surface area contributed by atoms with E-state index >= 15 is 0 Å². The number of anilines is 1. The highest BCUT2D eigenvalue weighted by Crippen LogP contribution is 2.35. The lowest BCUT2D eigenvalue weighted by atomic mass is 10.1. The fraction of sp³-hybridized carbons (Fsp3) is 0.259. The molecule has 0 atom stereocenters. The first-order chi connectivity index (χ1) is 16.8. The Morgan fingerprint density at radius 1 is 1.09 bits per heavy atom. The Kier molecular flexibility index (Phi) is 7.41. The average molecular weight is 489 g/mol. The Balaban J connectivity index is 1.44. The van der Waals surface area contributed by atoms with Crippen LogP contribution in [0, 0.1) is 13.8 Å². The molecule has 2 amide bonds. The summed E-state index contributed by atoms with van der Waals surface area (Å²) in [5.41, 5.74) is 3.51. The van der Waals surface area contributed by atoms with Crippen molar-refractivity contribution in [3.05, 3.63) is 76.4 Å². The van der Waals surface area contributed by atoms with Gasteiger partial charge in [0.25, 0.3) is 5.91 Å². The molecule has 0 aliphatic heterocycles. The van der Waals surface area contributed by atoms with Crippen molar-refractivity contribution in [2.24, 2.45) is 0 Å². The maximum absolute atomic E-state index is 12.7. The number of carbonyl (C=O) groups is 2. The van der Waals surface area contributed by atoms with Crippen LogP contribution >= 0.6 is 11.3 Å². The number of nitrogens with zero attached hydrogens (tertiary/aromatic N) is 3. The Hall–Kier alpha value is -3.78. The molecule has 7 nitrogen and oxygen atoms in total. The molecule has 1 N–H and O–H groups in total. The van der Waals surface area contributed by atoms with Gasteiger partial charge in [0.1, 0.15) is 17.3 Å². The van der Waals surface area contributed by atoms with Gasteiger partial charge in [0.05, 0.1) is 21.5 Å². The van der Waals surface area contributed by atoms with Gasteiger partial charge >= 0.3 is 0 Å². The van der Waals surface area contributed by atoms with E-state index < -0.39 is 0 Å². The summed E-state index contributed by atoms with van der Waals surface area (Å²) in [5, 5.41) is 2.86. The van der Waals surface area contributed by atoms with Crippen molar-refractivity contribution < 1.29 is 14.3 Å². The molecule has 0 saturated heterocycles.